The van der Waals surface area contributed by atoms with E-state index in [0.717, 1.165) is 11.1 Å². The van der Waals surface area contributed by atoms with Crippen LogP contribution in [0.1, 0.15) is 5.56 Å². The molecular formula is C13H11FO2. The molecule has 0 aliphatic rings. The molecule has 0 unspecified atom stereocenters. The molecule has 0 spiro atoms. The van der Waals surface area contributed by atoms with E-state index < -0.39 is 5.82 Å². The molecule has 0 bridgehead atoms. The molecule has 0 fully saturated rings. The van der Waals surface area contributed by atoms with Crippen LogP contribution in [-0.2, 0) is 6.61 Å². The highest BCUT2D eigenvalue weighted by molar-refractivity contribution is 5.64. The summed E-state index contributed by atoms with van der Waals surface area (Å²) in [6, 6.07) is 11.4. The monoisotopic (exact) mass is 218 g/mol. The average Bonchev–Trinajstić information content (AvgIpc) is 2.33. The molecule has 82 valence electrons. The van der Waals surface area contributed by atoms with Crippen LogP contribution >= 0.6 is 0 Å². The molecule has 0 atom stereocenters. The third-order valence-electron chi connectivity index (χ3n) is 2.42. The second-order valence-electron chi connectivity index (χ2n) is 3.52. The number of aliphatic hydroxyl groups is 1. The fourth-order valence-corrected chi connectivity index (χ4v) is 1.49. The van der Waals surface area contributed by atoms with Gasteiger partial charge in [0.15, 0.2) is 11.6 Å². The topological polar surface area (TPSA) is 40.5 Å². The Morgan fingerprint density at radius 3 is 2.12 bits per heavy atom. The SMILES string of the molecule is OCc1ccc(-c2ccc(O)c(F)c2)cc1. The van der Waals surface area contributed by atoms with Gasteiger partial charge in [-0.15, -0.1) is 0 Å². The summed E-state index contributed by atoms with van der Waals surface area (Å²) in [6.45, 7) is -0.00970. The summed E-state index contributed by atoms with van der Waals surface area (Å²) in [5.41, 5.74) is 2.35. The molecule has 0 saturated heterocycles. The number of phenols is 1. The van der Waals surface area contributed by atoms with Crippen molar-refractivity contribution in [3.05, 3.63) is 53.8 Å². The highest BCUT2D eigenvalue weighted by atomic mass is 19.1. The van der Waals surface area contributed by atoms with Crippen LogP contribution in [0.3, 0.4) is 0 Å². The lowest BCUT2D eigenvalue weighted by atomic mass is 10.0. The molecule has 0 aliphatic heterocycles. The summed E-state index contributed by atoms with van der Waals surface area (Å²) >= 11 is 0. The Hall–Kier alpha value is -1.87. The number of halogens is 1. The summed E-state index contributed by atoms with van der Waals surface area (Å²) in [5.74, 6) is -0.987. The van der Waals surface area contributed by atoms with Crippen LogP contribution in [0.15, 0.2) is 42.5 Å². The van der Waals surface area contributed by atoms with Crippen LogP contribution in [-0.4, -0.2) is 10.2 Å². The van der Waals surface area contributed by atoms with E-state index in [1.54, 1.807) is 30.3 Å². The van der Waals surface area contributed by atoms with Gasteiger partial charge < -0.3 is 10.2 Å². The molecular weight excluding hydrogens is 207 g/mol. The number of aliphatic hydroxyl groups excluding tert-OH is 1. The quantitative estimate of drug-likeness (QED) is 0.813. The first-order chi connectivity index (χ1) is 7.70. The van der Waals surface area contributed by atoms with Crippen molar-refractivity contribution >= 4 is 0 Å². The van der Waals surface area contributed by atoms with Gasteiger partial charge >= 0.3 is 0 Å². The van der Waals surface area contributed by atoms with E-state index in [2.05, 4.69) is 0 Å². The van der Waals surface area contributed by atoms with Gasteiger partial charge in [-0.2, -0.15) is 0 Å². The molecule has 0 radical (unpaired) electrons. The first kappa shape index (κ1) is 10.6. The Morgan fingerprint density at radius 1 is 0.938 bits per heavy atom. The fourth-order valence-electron chi connectivity index (χ4n) is 1.49. The van der Waals surface area contributed by atoms with Crippen molar-refractivity contribution in [2.75, 3.05) is 0 Å². The molecule has 2 rings (SSSR count). The second kappa shape index (κ2) is 4.33. The zero-order valence-corrected chi connectivity index (χ0v) is 8.52. The Morgan fingerprint density at radius 2 is 1.56 bits per heavy atom. The first-order valence-corrected chi connectivity index (χ1v) is 4.89. The van der Waals surface area contributed by atoms with Crippen molar-refractivity contribution in [2.45, 2.75) is 6.61 Å². The minimum Gasteiger partial charge on any atom is -0.505 e. The molecule has 2 aromatic carbocycles. The van der Waals surface area contributed by atoms with Crippen LogP contribution in [0, 0.1) is 5.82 Å². The minimum absolute atomic E-state index is 0.00970. The van der Waals surface area contributed by atoms with Crippen molar-refractivity contribution in [3.8, 4) is 16.9 Å². The lowest BCUT2D eigenvalue weighted by Crippen LogP contribution is -1.84. The lowest BCUT2D eigenvalue weighted by Gasteiger charge is -2.04. The predicted octanol–water partition coefficient (Wildman–Crippen LogP) is 2.69. The smallest absolute Gasteiger partial charge is 0.165 e. The van der Waals surface area contributed by atoms with Gasteiger partial charge in [0.2, 0.25) is 0 Å². The predicted molar refractivity (Wildman–Crippen MR) is 59.4 cm³/mol. The van der Waals surface area contributed by atoms with E-state index in [-0.39, 0.29) is 12.4 Å². The molecule has 3 heteroatoms. The van der Waals surface area contributed by atoms with Gasteiger partial charge in [0.1, 0.15) is 0 Å². The third-order valence-corrected chi connectivity index (χ3v) is 2.42. The molecule has 0 amide bonds. The number of hydrogen-bond acceptors (Lipinski definition) is 2. The van der Waals surface area contributed by atoms with Crippen molar-refractivity contribution in [1.29, 1.82) is 0 Å². The van der Waals surface area contributed by atoms with Crippen LogP contribution < -0.4 is 0 Å². The Labute approximate surface area is 92.6 Å². The van der Waals surface area contributed by atoms with E-state index in [9.17, 15) is 4.39 Å². The van der Waals surface area contributed by atoms with Crippen LogP contribution in [0.5, 0.6) is 5.75 Å². The average molecular weight is 218 g/mol. The van der Waals surface area contributed by atoms with Gasteiger partial charge in [0.25, 0.3) is 0 Å². The molecule has 2 aromatic rings. The van der Waals surface area contributed by atoms with Crippen molar-refractivity contribution in [1.82, 2.24) is 0 Å². The summed E-state index contributed by atoms with van der Waals surface area (Å²) < 4.78 is 13.1. The number of benzene rings is 2. The van der Waals surface area contributed by atoms with Crippen LogP contribution in [0.25, 0.3) is 11.1 Å². The van der Waals surface area contributed by atoms with Crippen molar-refractivity contribution < 1.29 is 14.6 Å². The highest BCUT2D eigenvalue weighted by Gasteiger charge is 2.03. The largest absolute Gasteiger partial charge is 0.505 e. The van der Waals surface area contributed by atoms with E-state index in [0.29, 0.717) is 5.56 Å². The highest BCUT2D eigenvalue weighted by Crippen LogP contribution is 2.24. The first-order valence-electron chi connectivity index (χ1n) is 4.89. The zero-order valence-electron chi connectivity index (χ0n) is 8.52. The lowest BCUT2D eigenvalue weighted by molar-refractivity contribution is 0.282. The number of rotatable bonds is 2. The maximum atomic E-state index is 13.1. The van der Waals surface area contributed by atoms with E-state index in [1.165, 1.54) is 12.1 Å². The van der Waals surface area contributed by atoms with Gasteiger partial charge in [-0.3, -0.25) is 0 Å². The number of aromatic hydroxyl groups is 1. The standard InChI is InChI=1S/C13H11FO2/c14-12-7-11(5-6-13(12)16)10-3-1-9(8-15)2-4-10/h1-7,15-16H,8H2. The molecule has 0 heterocycles. The molecule has 0 aliphatic carbocycles. The van der Waals surface area contributed by atoms with Gasteiger partial charge in [0.05, 0.1) is 6.61 Å². The normalized spacial score (nSPS) is 10.4. The maximum Gasteiger partial charge on any atom is 0.165 e. The Kier molecular flexibility index (Phi) is 2.88. The maximum absolute atomic E-state index is 13.1. The molecule has 0 aromatic heterocycles. The van der Waals surface area contributed by atoms with Crippen LogP contribution in [0.2, 0.25) is 0 Å². The van der Waals surface area contributed by atoms with Gasteiger partial charge in [-0.1, -0.05) is 30.3 Å². The summed E-state index contributed by atoms with van der Waals surface area (Å²) in [5, 5.41) is 18.0. The summed E-state index contributed by atoms with van der Waals surface area (Å²) in [7, 11) is 0. The van der Waals surface area contributed by atoms with E-state index in [4.69, 9.17) is 10.2 Å². The second-order valence-corrected chi connectivity index (χ2v) is 3.52. The van der Waals surface area contributed by atoms with E-state index >= 15 is 0 Å². The zero-order chi connectivity index (χ0) is 11.5. The van der Waals surface area contributed by atoms with Gasteiger partial charge in [-0.05, 0) is 28.8 Å². The Balaban J connectivity index is 2.38. The molecule has 0 saturated carbocycles. The molecule has 16 heavy (non-hydrogen) atoms. The number of hydrogen-bond donors (Lipinski definition) is 2. The van der Waals surface area contributed by atoms with Gasteiger partial charge in [-0.25, -0.2) is 4.39 Å². The molecule has 2 nitrogen and oxygen atoms in total. The van der Waals surface area contributed by atoms with Crippen LogP contribution in [0.4, 0.5) is 4.39 Å². The fraction of sp³-hybridized carbons (Fsp3) is 0.0769. The van der Waals surface area contributed by atoms with E-state index in [1.807, 2.05) is 0 Å². The summed E-state index contributed by atoms with van der Waals surface area (Å²) in [6.07, 6.45) is 0. The third kappa shape index (κ3) is 2.04. The molecule has 2 N–H and O–H groups in total. The minimum atomic E-state index is -0.635. The Bertz CT molecular complexity index is 492. The van der Waals surface area contributed by atoms with Crippen molar-refractivity contribution in [2.24, 2.45) is 0 Å². The van der Waals surface area contributed by atoms with Gasteiger partial charge in [0, 0.05) is 0 Å². The summed E-state index contributed by atoms with van der Waals surface area (Å²) in [4.78, 5) is 0. The van der Waals surface area contributed by atoms with Crippen molar-refractivity contribution in [3.63, 3.8) is 0 Å². The number of phenolic OH excluding ortho intramolecular Hbond substituents is 1.